The van der Waals surface area contributed by atoms with Crippen molar-refractivity contribution in [2.24, 2.45) is 43.3 Å². The lowest BCUT2D eigenvalue weighted by molar-refractivity contribution is -0.0208. The lowest BCUT2D eigenvalue weighted by atomic mass is 9.52. The van der Waals surface area contributed by atoms with Crippen molar-refractivity contribution in [3.8, 4) is 0 Å². The molecule has 0 spiro atoms. The zero-order valence-corrected chi connectivity index (χ0v) is 26.9. The Kier molecular flexibility index (Phi) is 10.2. The summed E-state index contributed by atoms with van der Waals surface area (Å²) < 4.78 is 0. The molecule has 0 N–H and O–H groups in total. The second-order valence-corrected chi connectivity index (χ2v) is 19.5. The van der Waals surface area contributed by atoms with Gasteiger partial charge in [0.15, 0.2) is 0 Å². The fourth-order valence-electron chi connectivity index (χ4n) is 8.78. The summed E-state index contributed by atoms with van der Waals surface area (Å²) in [5.74, 6) is 0. The third kappa shape index (κ3) is 16.3. The Morgan fingerprint density at radius 2 is 0.545 bits per heavy atom. The molecular formula is C33H68. The molecule has 0 fully saturated rings. The molecule has 0 heterocycles. The molecule has 1 atom stereocenters. The van der Waals surface area contributed by atoms with Crippen molar-refractivity contribution in [1.82, 2.24) is 0 Å². The average molecular weight is 465 g/mol. The minimum Gasteiger partial charge on any atom is -0.0602 e. The molecule has 0 rings (SSSR count). The second kappa shape index (κ2) is 10.2. The fraction of sp³-hybridized carbons (Fsp3) is 1.00. The quantitative estimate of drug-likeness (QED) is 0.318. The minimum atomic E-state index is 0.328. The predicted octanol–water partition coefficient (Wildman–Crippen LogP) is 12.0. The van der Waals surface area contributed by atoms with E-state index in [1.807, 2.05) is 0 Å². The lowest BCUT2D eigenvalue weighted by Crippen LogP contribution is -2.42. The highest BCUT2D eigenvalue weighted by molar-refractivity contribution is 4.98. The molecule has 0 radical (unpaired) electrons. The van der Waals surface area contributed by atoms with E-state index in [1.165, 1.54) is 44.9 Å². The van der Waals surface area contributed by atoms with Gasteiger partial charge >= 0.3 is 0 Å². The van der Waals surface area contributed by atoms with Crippen molar-refractivity contribution in [1.29, 1.82) is 0 Å². The van der Waals surface area contributed by atoms with Gasteiger partial charge in [-0.2, -0.15) is 0 Å². The van der Waals surface area contributed by atoms with Crippen molar-refractivity contribution in [2.45, 2.75) is 170 Å². The van der Waals surface area contributed by atoms with Crippen molar-refractivity contribution in [2.75, 3.05) is 0 Å². The molecule has 0 nitrogen and oxygen atoms in total. The fourth-order valence-corrected chi connectivity index (χ4v) is 8.78. The van der Waals surface area contributed by atoms with E-state index in [0.717, 1.165) is 0 Å². The third-order valence-electron chi connectivity index (χ3n) is 6.39. The van der Waals surface area contributed by atoms with Crippen LogP contribution in [0.3, 0.4) is 0 Å². The van der Waals surface area contributed by atoms with Gasteiger partial charge in [0.2, 0.25) is 0 Å². The molecule has 0 aliphatic rings. The van der Waals surface area contributed by atoms with E-state index in [0.29, 0.717) is 43.3 Å². The van der Waals surface area contributed by atoms with Crippen LogP contribution in [0.2, 0.25) is 0 Å². The van der Waals surface area contributed by atoms with Gasteiger partial charge in [0.1, 0.15) is 0 Å². The zero-order valence-electron chi connectivity index (χ0n) is 26.9. The highest BCUT2D eigenvalue weighted by Crippen LogP contribution is 2.58. The van der Waals surface area contributed by atoms with Crippen molar-refractivity contribution < 1.29 is 0 Å². The van der Waals surface area contributed by atoms with Crippen LogP contribution in [0.4, 0.5) is 0 Å². The highest BCUT2D eigenvalue weighted by atomic mass is 14.5. The van der Waals surface area contributed by atoms with Gasteiger partial charge in [0, 0.05) is 0 Å². The minimum absolute atomic E-state index is 0.328. The number of rotatable bonds is 9. The molecule has 0 saturated heterocycles. The van der Waals surface area contributed by atoms with Crippen molar-refractivity contribution >= 4 is 0 Å². The number of hydrogen-bond donors (Lipinski definition) is 0. The third-order valence-corrected chi connectivity index (χ3v) is 6.39. The summed E-state index contributed by atoms with van der Waals surface area (Å²) in [5, 5.41) is 0. The first-order valence-corrected chi connectivity index (χ1v) is 13.9. The van der Waals surface area contributed by atoms with Gasteiger partial charge in [-0.15, -0.1) is 0 Å². The molecule has 0 heteroatoms. The van der Waals surface area contributed by atoms with Gasteiger partial charge in [-0.1, -0.05) is 125 Å². The Bertz CT molecular complexity index is 542. The zero-order chi connectivity index (χ0) is 26.9. The Hall–Kier alpha value is 0. The number of hydrogen-bond acceptors (Lipinski definition) is 0. The van der Waals surface area contributed by atoms with E-state index >= 15 is 0 Å². The maximum atomic E-state index is 2.66. The molecule has 0 aromatic rings. The predicted molar refractivity (Wildman–Crippen MR) is 154 cm³/mol. The molecule has 0 aliphatic heterocycles. The van der Waals surface area contributed by atoms with E-state index in [4.69, 9.17) is 0 Å². The van der Waals surface area contributed by atoms with E-state index in [9.17, 15) is 0 Å². The van der Waals surface area contributed by atoms with Crippen molar-refractivity contribution in [3.63, 3.8) is 0 Å². The average Bonchev–Trinajstić information content (AvgIpc) is 2.20. The SMILES string of the molecule is CC(C)(C)CC(C)(C)CC(C)(CC(C)(C)C)CC(CC(C)(C)C)(CC(C)(C)C)CC(C)(C)C. The molecule has 0 amide bonds. The van der Waals surface area contributed by atoms with Gasteiger partial charge in [-0.25, -0.2) is 0 Å². The molecule has 0 saturated carbocycles. The standard InChI is InChI=1S/C33H68/c1-26(2,3)19-31(16,17)24-32(18,20-27(4,5)6)25-33(21-28(7,8)9,22-29(10,11)12)23-30(13,14)15/h19-25H2,1-18H3. The van der Waals surface area contributed by atoms with Crippen molar-refractivity contribution in [3.05, 3.63) is 0 Å². The first-order chi connectivity index (χ1) is 13.9. The van der Waals surface area contributed by atoms with Crippen LogP contribution in [0, 0.1) is 43.3 Å². The summed E-state index contributed by atoms with van der Waals surface area (Å²) in [7, 11) is 0. The second-order valence-electron chi connectivity index (χ2n) is 19.5. The van der Waals surface area contributed by atoms with E-state index in [1.54, 1.807) is 0 Å². The molecular weight excluding hydrogens is 396 g/mol. The monoisotopic (exact) mass is 465 g/mol. The van der Waals surface area contributed by atoms with Gasteiger partial charge < -0.3 is 0 Å². The lowest BCUT2D eigenvalue weighted by Gasteiger charge is -2.53. The van der Waals surface area contributed by atoms with Crippen LogP contribution in [-0.2, 0) is 0 Å². The van der Waals surface area contributed by atoms with Crippen LogP contribution >= 0.6 is 0 Å². The van der Waals surface area contributed by atoms with Crippen LogP contribution in [0.25, 0.3) is 0 Å². The summed E-state index contributed by atoms with van der Waals surface area (Å²) in [5.41, 5.74) is 2.73. The molecule has 0 aliphatic carbocycles. The molecule has 0 bridgehead atoms. The topological polar surface area (TPSA) is 0 Å². The molecule has 200 valence electrons. The summed E-state index contributed by atoms with van der Waals surface area (Å²) >= 11 is 0. The van der Waals surface area contributed by atoms with E-state index in [-0.39, 0.29) is 0 Å². The smallest absolute Gasteiger partial charge is 0.0277 e. The Balaban J connectivity index is 6.65. The molecule has 1 unspecified atom stereocenters. The Morgan fingerprint density at radius 1 is 0.273 bits per heavy atom. The summed E-state index contributed by atoms with van der Waals surface area (Å²) in [6, 6.07) is 0. The maximum Gasteiger partial charge on any atom is -0.0277 e. The van der Waals surface area contributed by atoms with Crippen LogP contribution in [0.15, 0.2) is 0 Å². The first-order valence-electron chi connectivity index (χ1n) is 13.9. The van der Waals surface area contributed by atoms with E-state index < -0.39 is 0 Å². The van der Waals surface area contributed by atoms with Crippen LogP contribution < -0.4 is 0 Å². The van der Waals surface area contributed by atoms with Crippen LogP contribution in [0.5, 0.6) is 0 Å². The molecule has 0 aromatic heterocycles. The van der Waals surface area contributed by atoms with E-state index in [2.05, 4.69) is 125 Å². The van der Waals surface area contributed by atoms with Gasteiger partial charge in [0.25, 0.3) is 0 Å². The van der Waals surface area contributed by atoms with Crippen LogP contribution in [-0.4, -0.2) is 0 Å². The molecule has 0 aromatic carbocycles. The summed E-state index contributed by atoms with van der Waals surface area (Å²) in [6.07, 6.45) is 9.18. The maximum absolute atomic E-state index is 2.66. The van der Waals surface area contributed by atoms with Gasteiger partial charge in [-0.05, 0) is 88.3 Å². The highest BCUT2D eigenvalue weighted by Gasteiger charge is 2.47. The Morgan fingerprint density at radius 3 is 0.788 bits per heavy atom. The van der Waals surface area contributed by atoms with Crippen LogP contribution in [0.1, 0.15) is 170 Å². The van der Waals surface area contributed by atoms with Gasteiger partial charge in [-0.3, -0.25) is 0 Å². The normalized spacial score (nSPS) is 17.3. The van der Waals surface area contributed by atoms with Gasteiger partial charge in [0.05, 0.1) is 0 Å². The summed E-state index contributed by atoms with van der Waals surface area (Å²) in [4.78, 5) is 0. The summed E-state index contributed by atoms with van der Waals surface area (Å²) in [6.45, 7) is 44.6. The largest absolute Gasteiger partial charge is 0.0602 e. The first kappa shape index (κ1) is 33.0. The molecule has 33 heavy (non-hydrogen) atoms. The Labute approximate surface area is 212 Å².